The average molecular weight is 328 g/mol. The number of fused-ring (bicyclic) bond motifs is 2. The topological polar surface area (TPSA) is 40.6 Å². The van der Waals surface area contributed by atoms with Gasteiger partial charge in [0.05, 0.1) is 5.02 Å². The Bertz CT molecular complexity index is 895. The molecule has 0 spiro atoms. The summed E-state index contributed by atoms with van der Waals surface area (Å²) in [4.78, 5) is 4.57. The maximum absolute atomic E-state index is 6.20. The number of pyridine rings is 1. The van der Waals surface area contributed by atoms with Crippen molar-refractivity contribution in [3.8, 4) is 17.2 Å². The van der Waals surface area contributed by atoms with E-state index in [0.29, 0.717) is 23.1 Å². The normalized spacial score (nSPS) is 12.6. The Labute approximate surface area is 138 Å². The maximum atomic E-state index is 6.20. The van der Waals surface area contributed by atoms with Crippen LogP contribution in [0.2, 0.25) is 5.02 Å². The van der Waals surface area contributed by atoms with Gasteiger partial charge in [0.15, 0.2) is 11.5 Å². The number of aryl methyl sites for hydroxylation is 1. The first-order chi connectivity index (χ1) is 11.2. The number of nitrogens with zero attached hydrogens (tertiary/aromatic N) is 1. The lowest BCUT2D eigenvalue weighted by Crippen LogP contribution is -1.97. The molecule has 0 atom stereocenters. The Morgan fingerprint density at radius 1 is 1.17 bits per heavy atom. The summed E-state index contributed by atoms with van der Waals surface area (Å²) in [5, 5.41) is 1.59. The summed E-state index contributed by atoms with van der Waals surface area (Å²) in [7, 11) is 0. The molecule has 4 rings (SSSR count). The number of para-hydroxylation sites is 1. The van der Waals surface area contributed by atoms with Crippen molar-refractivity contribution in [1.29, 1.82) is 0 Å². The van der Waals surface area contributed by atoms with Gasteiger partial charge in [-0.05, 0) is 36.8 Å². The minimum absolute atomic E-state index is 0.200. The van der Waals surface area contributed by atoms with E-state index in [1.54, 1.807) is 0 Å². The van der Waals surface area contributed by atoms with Gasteiger partial charge >= 0.3 is 0 Å². The third-order valence-electron chi connectivity index (χ3n) is 3.70. The van der Waals surface area contributed by atoms with Crippen LogP contribution < -0.4 is 14.2 Å². The van der Waals surface area contributed by atoms with Gasteiger partial charge in [-0.15, -0.1) is 0 Å². The first-order valence-corrected chi connectivity index (χ1v) is 7.66. The molecule has 0 N–H and O–H groups in total. The number of hydrogen-bond donors (Lipinski definition) is 0. The van der Waals surface area contributed by atoms with Crippen molar-refractivity contribution < 1.29 is 14.2 Å². The van der Waals surface area contributed by atoms with Gasteiger partial charge in [0.2, 0.25) is 6.79 Å². The van der Waals surface area contributed by atoms with E-state index < -0.39 is 0 Å². The largest absolute Gasteiger partial charge is 0.487 e. The van der Waals surface area contributed by atoms with Crippen molar-refractivity contribution in [3.63, 3.8) is 0 Å². The molecule has 1 aliphatic rings. The van der Waals surface area contributed by atoms with Crippen LogP contribution in [-0.4, -0.2) is 11.8 Å². The number of aromatic nitrogens is 1. The minimum atomic E-state index is 0.200. The average Bonchev–Trinajstić information content (AvgIpc) is 3.02. The summed E-state index contributed by atoms with van der Waals surface area (Å²) in [6, 6.07) is 13.7. The second-order valence-corrected chi connectivity index (χ2v) is 5.79. The van der Waals surface area contributed by atoms with Crippen molar-refractivity contribution in [2.45, 2.75) is 13.5 Å². The summed E-state index contributed by atoms with van der Waals surface area (Å²) in [6.07, 6.45) is 0. The summed E-state index contributed by atoms with van der Waals surface area (Å²) >= 11 is 6.20. The Balaban J connectivity index is 1.62. The summed E-state index contributed by atoms with van der Waals surface area (Å²) in [6.45, 7) is 2.55. The van der Waals surface area contributed by atoms with Crippen LogP contribution in [0.15, 0.2) is 42.5 Å². The molecule has 4 nitrogen and oxygen atoms in total. The van der Waals surface area contributed by atoms with Crippen LogP contribution in [0.5, 0.6) is 17.2 Å². The van der Waals surface area contributed by atoms with Gasteiger partial charge in [-0.2, -0.15) is 0 Å². The van der Waals surface area contributed by atoms with Crippen LogP contribution in [0.25, 0.3) is 10.9 Å². The number of halogens is 1. The zero-order valence-corrected chi connectivity index (χ0v) is 13.3. The lowest BCUT2D eigenvalue weighted by atomic mass is 10.2. The molecule has 23 heavy (non-hydrogen) atoms. The van der Waals surface area contributed by atoms with Crippen molar-refractivity contribution in [1.82, 2.24) is 4.98 Å². The van der Waals surface area contributed by atoms with Gasteiger partial charge in [-0.3, -0.25) is 0 Å². The fourth-order valence-electron chi connectivity index (χ4n) is 2.60. The Morgan fingerprint density at radius 2 is 2.09 bits per heavy atom. The third-order valence-corrected chi connectivity index (χ3v) is 3.98. The van der Waals surface area contributed by atoms with Gasteiger partial charge in [0.1, 0.15) is 17.9 Å². The van der Waals surface area contributed by atoms with E-state index in [1.807, 2.05) is 49.4 Å². The molecule has 0 unspecified atom stereocenters. The van der Waals surface area contributed by atoms with Gasteiger partial charge in [0, 0.05) is 11.1 Å². The number of hydrogen-bond acceptors (Lipinski definition) is 4. The molecular weight excluding hydrogens is 314 g/mol. The predicted molar refractivity (Wildman–Crippen MR) is 88.4 cm³/mol. The monoisotopic (exact) mass is 327 g/mol. The van der Waals surface area contributed by atoms with Gasteiger partial charge in [-0.25, -0.2) is 4.98 Å². The molecule has 0 aliphatic carbocycles. The predicted octanol–water partition coefficient (Wildman–Crippen LogP) is 4.50. The fraction of sp³-hybridized carbons (Fsp3) is 0.167. The van der Waals surface area contributed by atoms with E-state index in [4.69, 9.17) is 25.8 Å². The first-order valence-electron chi connectivity index (χ1n) is 7.28. The van der Waals surface area contributed by atoms with Gasteiger partial charge in [-0.1, -0.05) is 29.8 Å². The fourth-order valence-corrected chi connectivity index (χ4v) is 2.89. The molecule has 0 fully saturated rings. The van der Waals surface area contributed by atoms with Crippen LogP contribution >= 0.6 is 11.6 Å². The number of ether oxygens (including phenoxy) is 3. The standard InChI is InChI=1S/C18H14ClNO3/c1-11-5-6-13-3-2-4-15(17(13)20-11)21-9-12-7-14(19)18-16(8-12)22-10-23-18/h2-8H,9-10H2,1H3. The van der Waals surface area contributed by atoms with Crippen molar-refractivity contribution in [2.75, 3.05) is 6.79 Å². The lowest BCUT2D eigenvalue weighted by molar-refractivity contribution is 0.174. The van der Waals surface area contributed by atoms with Gasteiger partial charge in [0.25, 0.3) is 0 Å². The second kappa shape index (κ2) is 5.63. The van der Waals surface area contributed by atoms with Crippen LogP contribution in [0, 0.1) is 6.92 Å². The molecule has 2 heterocycles. The van der Waals surface area contributed by atoms with Crippen molar-refractivity contribution >= 4 is 22.5 Å². The molecule has 3 aromatic rings. The molecule has 1 aliphatic heterocycles. The SMILES string of the molecule is Cc1ccc2cccc(OCc3cc(Cl)c4c(c3)OCO4)c2n1. The molecule has 0 radical (unpaired) electrons. The first kappa shape index (κ1) is 14.2. The number of rotatable bonds is 3. The molecule has 2 aromatic carbocycles. The van der Waals surface area contributed by atoms with Crippen LogP contribution in [0.4, 0.5) is 0 Å². The van der Waals surface area contributed by atoms with E-state index in [9.17, 15) is 0 Å². The van der Waals surface area contributed by atoms with Crippen molar-refractivity contribution in [3.05, 3.63) is 58.7 Å². The number of benzene rings is 2. The molecular formula is C18H14ClNO3. The van der Waals surface area contributed by atoms with E-state index in [1.165, 1.54) is 0 Å². The Hall–Kier alpha value is -2.46. The van der Waals surface area contributed by atoms with E-state index in [0.717, 1.165) is 27.9 Å². The summed E-state index contributed by atoms with van der Waals surface area (Å²) in [5.74, 6) is 2.00. The molecule has 1 aromatic heterocycles. The van der Waals surface area contributed by atoms with Gasteiger partial charge < -0.3 is 14.2 Å². The maximum Gasteiger partial charge on any atom is 0.231 e. The van der Waals surface area contributed by atoms with Crippen LogP contribution in [0.3, 0.4) is 0 Å². The zero-order valence-electron chi connectivity index (χ0n) is 12.5. The smallest absolute Gasteiger partial charge is 0.231 e. The summed E-state index contributed by atoms with van der Waals surface area (Å²) in [5.41, 5.74) is 2.74. The minimum Gasteiger partial charge on any atom is -0.487 e. The Kier molecular flexibility index (Phi) is 3.46. The second-order valence-electron chi connectivity index (χ2n) is 5.38. The van der Waals surface area contributed by atoms with E-state index >= 15 is 0 Å². The van der Waals surface area contributed by atoms with Crippen LogP contribution in [-0.2, 0) is 6.61 Å². The van der Waals surface area contributed by atoms with E-state index in [-0.39, 0.29) is 6.79 Å². The highest BCUT2D eigenvalue weighted by atomic mass is 35.5. The van der Waals surface area contributed by atoms with Crippen LogP contribution in [0.1, 0.15) is 11.3 Å². The summed E-state index contributed by atoms with van der Waals surface area (Å²) < 4.78 is 16.7. The Morgan fingerprint density at radius 3 is 3.00 bits per heavy atom. The molecule has 0 saturated carbocycles. The molecule has 0 bridgehead atoms. The third kappa shape index (κ3) is 2.66. The molecule has 5 heteroatoms. The highest BCUT2D eigenvalue weighted by molar-refractivity contribution is 6.32. The quantitative estimate of drug-likeness (QED) is 0.710. The van der Waals surface area contributed by atoms with Crippen molar-refractivity contribution in [2.24, 2.45) is 0 Å². The molecule has 116 valence electrons. The highest BCUT2D eigenvalue weighted by Gasteiger charge is 2.18. The molecule has 0 amide bonds. The highest BCUT2D eigenvalue weighted by Crippen LogP contribution is 2.40. The zero-order chi connectivity index (χ0) is 15.8. The van der Waals surface area contributed by atoms with E-state index in [2.05, 4.69) is 4.98 Å². The molecule has 0 saturated heterocycles. The lowest BCUT2D eigenvalue weighted by Gasteiger charge is -2.10.